The van der Waals surface area contributed by atoms with E-state index in [0.717, 1.165) is 33.6 Å². The van der Waals surface area contributed by atoms with Crippen LogP contribution in [0.25, 0.3) is 11.1 Å². The zero-order valence-electron chi connectivity index (χ0n) is 17.4. The van der Waals surface area contributed by atoms with Gasteiger partial charge >= 0.3 is 5.97 Å². The highest BCUT2D eigenvalue weighted by Gasteiger charge is 2.16. The Hall–Kier alpha value is -2.82. The van der Waals surface area contributed by atoms with Gasteiger partial charge in [0.2, 0.25) is 5.91 Å². The van der Waals surface area contributed by atoms with Crippen LogP contribution in [0.2, 0.25) is 0 Å². The summed E-state index contributed by atoms with van der Waals surface area (Å²) in [4.78, 5) is 25.6. The molecule has 2 aromatic rings. The Kier molecular flexibility index (Phi) is 7.61. The zero-order chi connectivity index (χ0) is 20.7. The molecular formula is C23H29NO4. The Morgan fingerprint density at radius 2 is 1.79 bits per heavy atom. The summed E-state index contributed by atoms with van der Waals surface area (Å²) >= 11 is 0. The Balaban J connectivity index is 2.50. The maximum Gasteiger partial charge on any atom is 0.310 e. The Morgan fingerprint density at radius 3 is 2.39 bits per heavy atom. The SMILES string of the molecule is CCOC(=O)Cc1ccc(OC)c(-c2ccc(C)cc2CN(CC)C(C)=O)c1. The van der Waals surface area contributed by atoms with Gasteiger partial charge in [-0.3, -0.25) is 9.59 Å². The number of hydrogen-bond acceptors (Lipinski definition) is 4. The van der Waals surface area contributed by atoms with Crippen molar-refractivity contribution in [1.29, 1.82) is 0 Å². The topological polar surface area (TPSA) is 55.8 Å². The summed E-state index contributed by atoms with van der Waals surface area (Å²) in [5.41, 5.74) is 4.93. The quantitative estimate of drug-likeness (QED) is 0.643. The van der Waals surface area contributed by atoms with E-state index in [9.17, 15) is 9.59 Å². The molecule has 2 rings (SSSR count). The van der Waals surface area contributed by atoms with Crippen LogP contribution >= 0.6 is 0 Å². The summed E-state index contributed by atoms with van der Waals surface area (Å²) in [6.45, 7) is 8.91. The van der Waals surface area contributed by atoms with Gasteiger partial charge in [0.1, 0.15) is 5.75 Å². The van der Waals surface area contributed by atoms with Gasteiger partial charge in [-0.05, 0) is 49.6 Å². The fraction of sp³-hybridized carbons (Fsp3) is 0.391. The largest absolute Gasteiger partial charge is 0.496 e. The number of methoxy groups -OCH3 is 1. The molecule has 0 heterocycles. The van der Waals surface area contributed by atoms with Crippen molar-refractivity contribution in [2.75, 3.05) is 20.3 Å². The molecule has 0 unspecified atom stereocenters. The smallest absolute Gasteiger partial charge is 0.310 e. The van der Waals surface area contributed by atoms with E-state index in [1.807, 2.05) is 44.2 Å². The van der Waals surface area contributed by atoms with Gasteiger partial charge in [0.15, 0.2) is 0 Å². The molecule has 0 saturated carbocycles. The van der Waals surface area contributed by atoms with E-state index in [-0.39, 0.29) is 18.3 Å². The highest BCUT2D eigenvalue weighted by atomic mass is 16.5. The third-order valence-electron chi connectivity index (χ3n) is 4.66. The molecule has 0 fully saturated rings. The summed E-state index contributed by atoms with van der Waals surface area (Å²) in [7, 11) is 1.63. The summed E-state index contributed by atoms with van der Waals surface area (Å²) in [6, 6.07) is 11.9. The van der Waals surface area contributed by atoms with Crippen LogP contribution in [0.5, 0.6) is 5.75 Å². The molecule has 0 aliphatic carbocycles. The molecule has 0 saturated heterocycles. The van der Waals surface area contributed by atoms with Gasteiger partial charge in [0.05, 0.1) is 20.1 Å². The van der Waals surface area contributed by atoms with E-state index in [0.29, 0.717) is 19.7 Å². The lowest BCUT2D eigenvalue weighted by Crippen LogP contribution is -2.28. The third-order valence-corrected chi connectivity index (χ3v) is 4.66. The molecule has 0 aromatic heterocycles. The number of ether oxygens (including phenoxy) is 2. The normalized spacial score (nSPS) is 10.5. The molecule has 1 amide bonds. The number of carbonyl (C=O) groups is 2. The minimum Gasteiger partial charge on any atom is -0.496 e. The van der Waals surface area contributed by atoms with E-state index in [1.54, 1.807) is 25.9 Å². The number of benzene rings is 2. The number of hydrogen-bond donors (Lipinski definition) is 0. The van der Waals surface area contributed by atoms with E-state index >= 15 is 0 Å². The molecular weight excluding hydrogens is 354 g/mol. The van der Waals surface area contributed by atoms with Crippen LogP contribution in [-0.2, 0) is 27.3 Å². The third kappa shape index (κ3) is 5.35. The van der Waals surface area contributed by atoms with Crippen LogP contribution in [0.3, 0.4) is 0 Å². The van der Waals surface area contributed by atoms with Gasteiger partial charge in [-0.25, -0.2) is 0 Å². The lowest BCUT2D eigenvalue weighted by atomic mass is 9.94. The van der Waals surface area contributed by atoms with Crippen LogP contribution in [-0.4, -0.2) is 37.0 Å². The van der Waals surface area contributed by atoms with Crippen molar-refractivity contribution in [2.45, 2.75) is 40.7 Å². The highest BCUT2D eigenvalue weighted by molar-refractivity contribution is 5.78. The first-order chi connectivity index (χ1) is 13.4. The summed E-state index contributed by atoms with van der Waals surface area (Å²) in [6.07, 6.45) is 0.209. The first-order valence-electron chi connectivity index (χ1n) is 9.57. The predicted molar refractivity (Wildman–Crippen MR) is 110 cm³/mol. The maximum absolute atomic E-state index is 11.9. The lowest BCUT2D eigenvalue weighted by Gasteiger charge is -2.22. The second kappa shape index (κ2) is 9.93. The van der Waals surface area contributed by atoms with Crippen molar-refractivity contribution in [3.63, 3.8) is 0 Å². The first kappa shape index (κ1) is 21.5. The van der Waals surface area contributed by atoms with Crippen molar-refractivity contribution in [3.8, 4) is 16.9 Å². The number of carbonyl (C=O) groups excluding carboxylic acids is 2. The van der Waals surface area contributed by atoms with Gasteiger partial charge in [-0.15, -0.1) is 0 Å². The molecule has 0 spiro atoms. The van der Waals surface area contributed by atoms with Crippen LogP contribution < -0.4 is 4.74 Å². The van der Waals surface area contributed by atoms with Crippen molar-refractivity contribution in [1.82, 2.24) is 4.90 Å². The maximum atomic E-state index is 11.9. The molecule has 5 heteroatoms. The van der Waals surface area contributed by atoms with Crippen molar-refractivity contribution in [3.05, 3.63) is 53.1 Å². The monoisotopic (exact) mass is 383 g/mol. The van der Waals surface area contributed by atoms with Crippen molar-refractivity contribution in [2.24, 2.45) is 0 Å². The van der Waals surface area contributed by atoms with E-state index in [1.165, 1.54) is 0 Å². The molecule has 28 heavy (non-hydrogen) atoms. The average Bonchev–Trinajstić information content (AvgIpc) is 2.66. The molecule has 0 radical (unpaired) electrons. The Morgan fingerprint density at radius 1 is 1.04 bits per heavy atom. The first-order valence-corrected chi connectivity index (χ1v) is 9.57. The summed E-state index contributed by atoms with van der Waals surface area (Å²) < 4.78 is 10.6. The Bertz CT molecular complexity index is 844. The lowest BCUT2D eigenvalue weighted by molar-refractivity contribution is -0.142. The molecule has 0 aliphatic heterocycles. The molecule has 0 aliphatic rings. The van der Waals surface area contributed by atoms with E-state index in [4.69, 9.17) is 9.47 Å². The van der Waals surface area contributed by atoms with Gasteiger partial charge in [-0.2, -0.15) is 0 Å². The molecule has 2 aromatic carbocycles. The van der Waals surface area contributed by atoms with E-state index in [2.05, 4.69) is 6.07 Å². The van der Waals surface area contributed by atoms with E-state index < -0.39 is 0 Å². The second-order valence-corrected chi connectivity index (χ2v) is 6.71. The van der Waals surface area contributed by atoms with Crippen LogP contribution in [0, 0.1) is 6.92 Å². The molecule has 150 valence electrons. The summed E-state index contributed by atoms with van der Waals surface area (Å²) in [5.74, 6) is 0.512. The molecule has 0 bridgehead atoms. The van der Waals surface area contributed by atoms with Crippen molar-refractivity contribution < 1.29 is 19.1 Å². The number of amides is 1. The predicted octanol–water partition coefficient (Wildman–Crippen LogP) is 4.14. The molecule has 5 nitrogen and oxygen atoms in total. The summed E-state index contributed by atoms with van der Waals surface area (Å²) in [5, 5.41) is 0. The molecule has 0 N–H and O–H groups in total. The number of rotatable bonds is 8. The van der Waals surface area contributed by atoms with Gasteiger partial charge in [0.25, 0.3) is 0 Å². The standard InChI is InChI=1S/C23H29NO4/c1-6-24(17(4)25)15-19-12-16(3)8-10-20(19)21-13-18(9-11-22(21)27-5)14-23(26)28-7-2/h8-13H,6-7,14-15H2,1-5H3. The van der Waals surface area contributed by atoms with Gasteiger partial charge in [-0.1, -0.05) is 29.8 Å². The Labute approximate surface area is 167 Å². The zero-order valence-corrected chi connectivity index (χ0v) is 17.4. The van der Waals surface area contributed by atoms with Gasteiger partial charge < -0.3 is 14.4 Å². The fourth-order valence-electron chi connectivity index (χ4n) is 3.22. The highest BCUT2D eigenvalue weighted by Crippen LogP contribution is 2.34. The fourth-order valence-corrected chi connectivity index (χ4v) is 3.22. The number of aryl methyl sites for hydroxylation is 1. The second-order valence-electron chi connectivity index (χ2n) is 6.71. The number of esters is 1. The average molecular weight is 383 g/mol. The van der Waals surface area contributed by atoms with Crippen LogP contribution in [0.1, 0.15) is 37.5 Å². The van der Waals surface area contributed by atoms with Crippen molar-refractivity contribution >= 4 is 11.9 Å². The molecule has 0 atom stereocenters. The van der Waals surface area contributed by atoms with Gasteiger partial charge in [0, 0.05) is 25.6 Å². The minimum atomic E-state index is -0.253. The number of nitrogens with zero attached hydrogens (tertiary/aromatic N) is 1. The van der Waals surface area contributed by atoms with Crippen LogP contribution in [0.4, 0.5) is 0 Å². The van der Waals surface area contributed by atoms with Crippen LogP contribution in [0.15, 0.2) is 36.4 Å². The minimum absolute atomic E-state index is 0.0398.